The Bertz CT molecular complexity index is 411. The minimum atomic E-state index is 0.0172. The molecule has 2 aliphatic rings. The summed E-state index contributed by atoms with van der Waals surface area (Å²) in [6, 6.07) is 4.23. The molecule has 1 heterocycles. The zero-order valence-corrected chi connectivity index (χ0v) is 12.6. The van der Waals surface area contributed by atoms with E-state index < -0.39 is 0 Å². The fourth-order valence-electron chi connectivity index (χ4n) is 4.64. The van der Waals surface area contributed by atoms with Crippen LogP contribution in [0.3, 0.4) is 0 Å². The van der Waals surface area contributed by atoms with Crippen molar-refractivity contribution in [3.8, 4) is 0 Å². The van der Waals surface area contributed by atoms with E-state index in [4.69, 9.17) is 5.73 Å². The van der Waals surface area contributed by atoms with Crippen LogP contribution in [0.25, 0.3) is 0 Å². The lowest BCUT2D eigenvalue weighted by Gasteiger charge is -2.46. The SMILES string of the molecule is NC1(Cc2cccnc2)CCCCC1C1CCCCC1. The number of rotatable bonds is 3. The molecule has 2 aliphatic carbocycles. The van der Waals surface area contributed by atoms with Gasteiger partial charge in [0.1, 0.15) is 0 Å². The summed E-state index contributed by atoms with van der Waals surface area (Å²) in [5.74, 6) is 1.61. The molecule has 0 spiro atoms. The Balaban J connectivity index is 1.76. The van der Waals surface area contributed by atoms with Gasteiger partial charge in [0, 0.05) is 17.9 Å². The summed E-state index contributed by atoms with van der Waals surface area (Å²) in [6.07, 6.45) is 17.2. The lowest BCUT2D eigenvalue weighted by molar-refractivity contribution is 0.0994. The number of pyridine rings is 1. The maximum Gasteiger partial charge on any atom is 0.0300 e. The van der Waals surface area contributed by atoms with Gasteiger partial charge in [-0.1, -0.05) is 51.0 Å². The molecule has 0 saturated heterocycles. The van der Waals surface area contributed by atoms with Gasteiger partial charge in [-0.2, -0.15) is 0 Å². The van der Waals surface area contributed by atoms with E-state index in [1.165, 1.54) is 63.4 Å². The summed E-state index contributed by atoms with van der Waals surface area (Å²) in [7, 11) is 0. The van der Waals surface area contributed by atoms with Gasteiger partial charge in [0.25, 0.3) is 0 Å². The Labute approximate surface area is 123 Å². The monoisotopic (exact) mass is 272 g/mol. The summed E-state index contributed by atoms with van der Waals surface area (Å²) in [5.41, 5.74) is 8.27. The van der Waals surface area contributed by atoms with Gasteiger partial charge in [-0.05, 0) is 42.7 Å². The molecule has 2 N–H and O–H groups in total. The second kappa shape index (κ2) is 6.26. The van der Waals surface area contributed by atoms with E-state index in [0.29, 0.717) is 0 Å². The average molecular weight is 272 g/mol. The molecule has 0 aliphatic heterocycles. The van der Waals surface area contributed by atoms with Crippen molar-refractivity contribution in [2.45, 2.75) is 69.7 Å². The average Bonchev–Trinajstić information content (AvgIpc) is 2.49. The van der Waals surface area contributed by atoms with Crippen LogP contribution in [0.1, 0.15) is 63.4 Å². The summed E-state index contributed by atoms with van der Waals surface area (Å²) in [6.45, 7) is 0. The molecule has 1 aromatic rings. The molecule has 0 amide bonds. The molecule has 0 aromatic carbocycles. The molecular weight excluding hydrogens is 244 g/mol. The smallest absolute Gasteiger partial charge is 0.0300 e. The quantitative estimate of drug-likeness (QED) is 0.900. The van der Waals surface area contributed by atoms with Crippen LogP contribution in [0.2, 0.25) is 0 Å². The van der Waals surface area contributed by atoms with Crippen LogP contribution in [0.5, 0.6) is 0 Å². The first-order valence-corrected chi connectivity index (χ1v) is 8.46. The van der Waals surface area contributed by atoms with Gasteiger partial charge in [-0.25, -0.2) is 0 Å². The fourth-order valence-corrected chi connectivity index (χ4v) is 4.64. The van der Waals surface area contributed by atoms with Crippen molar-refractivity contribution in [1.29, 1.82) is 0 Å². The second-order valence-electron chi connectivity index (χ2n) is 7.02. The molecule has 0 bridgehead atoms. The first-order valence-electron chi connectivity index (χ1n) is 8.46. The van der Waals surface area contributed by atoms with E-state index in [1.807, 2.05) is 18.5 Å². The van der Waals surface area contributed by atoms with Gasteiger partial charge < -0.3 is 5.73 Å². The molecule has 2 unspecified atom stereocenters. The van der Waals surface area contributed by atoms with Crippen LogP contribution in [0.15, 0.2) is 24.5 Å². The third kappa shape index (κ3) is 3.06. The summed E-state index contributed by atoms with van der Waals surface area (Å²) >= 11 is 0. The maximum atomic E-state index is 6.94. The topological polar surface area (TPSA) is 38.9 Å². The summed E-state index contributed by atoms with van der Waals surface area (Å²) < 4.78 is 0. The number of hydrogen-bond donors (Lipinski definition) is 1. The first-order chi connectivity index (χ1) is 9.78. The molecule has 2 saturated carbocycles. The first kappa shape index (κ1) is 14.1. The fraction of sp³-hybridized carbons (Fsp3) is 0.722. The highest BCUT2D eigenvalue weighted by Crippen LogP contribution is 2.43. The highest BCUT2D eigenvalue weighted by Gasteiger charge is 2.41. The van der Waals surface area contributed by atoms with Crippen molar-refractivity contribution < 1.29 is 0 Å². The molecule has 2 nitrogen and oxygen atoms in total. The van der Waals surface area contributed by atoms with Crippen molar-refractivity contribution >= 4 is 0 Å². The molecule has 0 radical (unpaired) electrons. The predicted molar refractivity (Wildman–Crippen MR) is 83.4 cm³/mol. The van der Waals surface area contributed by atoms with Crippen LogP contribution >= 0.6 is 0 Å². The van der Waals surface area contributed by atoms with Crippen LogP contribution in [0.4, 0.5) is 0 Å². The van der Waals surface area contributed by atoms with E-state index in [9.17, 15) is 0 Å². The molecule has 2 fully saturated rings. The molecule has 3 rings (SSSR count). The van der Waals surface area contributed by atoms with Crippen LogP contribution in [0, 0.1) is 11.8 Å². The predicted octanol–water partition coefficient (Wildman–Crippen LogP) is 4.09. The molecule has 2 atom stereocenters. The lowest BCUT2D eigenvalue weighted by Crippen LogP contribution is -2.53. The number of aromatic nitrogens is 1. The molecule has 110 valence electrons. The Hall–Kier alpha value is -0.890. The van der Waals surface area contributed by atoms with E-state index >= 15 is 0 Å². The molecule has 1 aromatic heterocycles. The Morgan fingerprint density at radius 3 is 2.65 bits per heavy atom. The molecule has 2 heteroatoms. The number of nitrogens with two attached hydrogens (primary N) is 1. The Morgan fingerprint density at radius 2 is 1.90 bits per heavy atom. The second-order valence-corrected chi connectivity index (χ2v) is 7.02. The van der Waals surface area contributed by atoms with E-state index in [0.717, 1.165) is 18.3 Å². The third-order valence-electron chi connectivity index (χ3n) is 5.62. The van der Waals surface area contributed by atoms with Crippen molar-refractivity contribution in [2.75, 3.05) is 0 Å². The zero-order chi connectivity index (χ0) is 13.8. The minimum Gasteiger partial charge on any atom is -0.325 e. The van der Waals surface area contributed by atoms with Gasteiger partial charge in [-0.15, -0.1) is 0 Å². The Kier molecular flexibility index (Phi) is 4.40. The largest absolute Gasteiger partial charge is 0.325 e. The molecule has 20 heavy (non-hydrogen) atoms. The van der Waals surface area contributed by atoms with Crippen molar-refractivity contribution in [1.82, 2.24) is 4.98 Å². The number of hydrogen-bond acceptors (Lipinski definition) is 2. The van der Waals surface area contributed by atoms with Gasteiger partial charge in [-0.3, -0.25) is 4.98 Å². The van der Waals surface area contributed by atoms with Crippen LogP contribution in [-0.4, -0.2) is 10.5 Å². The van der Waals surface area contributed by atoms with Crippen LogP contribution in [-0.2, 0) is 6.42 Å². The van der Waals surface area contributed by atoms with Gasteiger partial charge in [0.05, 0.1) is 0 Å². The number of nitrogens with zero attached hydrogens (tertiary/aromatic N) is 1. The normalized spacial score (nSPS) is 32.1. The van der Waals surface area contributed by atoms with Crippen molar-refractivity contribution in [3.05, 3.63) is 30.1 Å². The highest BCUT2D eigenvalue weighted by molar-refractivity contribution is 5.15. The van der Waals surface area contributed by atoms with Gasteiger partial charge >= 0.3 is 0 Å². The summed E-state index contributed by atoms with van der Waals surface area (Å²) in [4.78, 5) is 4.26. The third-order valence-corrected chi connectivity index (χ3v) is 5.62. The van der Waals surface area contributed by atoms with E-state index in [-0.39, 0.29) is 5.54 Å². The lowest BCUT2D eigenvalue weighted by atomic mass is 9.62. The van der Waals surface area contributed by atoms with Crippen molar-refractivity contribution in [3.63, 3.8) is 0 Å². The zero-order valence-electron chi connectivity index (χ0n) is 12.6. The molecular formula is C18H28N2. The Morgan fingerprint density at radius 1 is 1.10 bits per heavy atom. The maximum absolute atomic E-state index is 6.94. The highest BCUT2D eigenvalue weighted by atomic mass is 14.8. The minimum absolute atomic E-state index is 0.0172. The van der Waals surface area contributed by atoms with Gasteiger partial charge in [0.2, 0.25) is 0 Å². The van der Waals surface area contributed by atoms with Crippen molar-refractivity contribution in [2.24, 2.45) is 17.6 Å². The van der Waals surface area contributed by atoms with Crippen LogP contribution < -0.4 is 5.73 Å². The standard InChI is InChI=1S/C18H28N2/c19-18(13-15-7-6-12-20-14-15)11-5-4-10-17(18)16-8-2-1-3-9-16/h6-7,12,14,16-17H,1-5,8-11,13,19H2. The van der Waals surface area contributed by atoms with Gasteiger partial charge in [0.15, 0.2) is 0 Å². The summed E-state index contributed by atoms with van der Waals surface area (Å²) in [5, 5.41) is 0. The van der Waals surface area contributed by atoms with E-state index in [1.54, 1.807) is 0 Å². The van der Waals surface area contributed by atoms with E-state index in [2.05, 4.69) is 11.1 Å².